The van der Waals surface area contributed by atoms with Gasteiger partial charge in [0.15, 0.2) is 0 Å². The third-order valence-electron chi connectivity index (χ3n) is 4.21. The van der Waals surface area contributed by atoms with Crippen LogP contribution in [0.5, 0.6) is 0 Å². The highest BCUT2D eigenvalue weighted by Gasteiger charge is 2.18. The summed E-state index contributed by atoms with van der Waals surface area (Å²) in [7, 11) is 0. The molecule has 0 N–H and O–H groups in total. The number of benzene rings is 1. The fourth-order valence-electron chi connectivity index (χ4n) is 2.63. The van der Waals surface area contributed by atoms with Crippen molar-refractivity contribution >= 4 is 5.57 Å². The van der Waals surface area contributed by atoms with E-state index < -0.39 is 0 Å². The van der Waals surface area contributed by atoms with Gasteiger partial charge in [-0.3, -0.25) is 0 Å². The van der Waals surface area contributed by atoms with E-state index in [4.69, 9.17) is 4.74 Å². The van der Waals surface area contributed by atoms with E-state index in [1.807, 2.05) is 6.08 Å². The van der Waals surface area contributed by atoms with E-state index in [0.717, 1.165) is 6.42 Å². The SMILES string of the molecule is C=CC1=C(/C=C\C)Cc2cc(COC(C)C(C)C)ccc21. The van der Waals surface area contributed by atoms with Gasteiger partial charge in [-0.25, -0.2) is 0 Å². The Labute approximate surface area is 129 Å². The van der Waals surface area contributed by atoms with Crippen molar-refractivity contribution in [2.75, 3.05) is 0 Å². The Balaban J connectivity index is 2.15. The molecule has 1 heteroatoms. The van der Waals surface area contributed by atoms with E-state index >= 15 is 0 Å². The fraction of sp³-hybridized carbons (Fsp3) is 0.400. The molecule has 0 saturated carbocycles. The first kappa shape index (κ1) is 15.8. The molecule has 2 rings (SSSR count). The lowest BCUT2D eigenvalue weighted by Crippen LogP contribution is -2.15. The maximum absolute atomic E-state index is 5.93. The summed E-state index contributed by atoms with van der Waals surface area (Å²) in [5.41, 5.74) is 6.59. The van der Waals surface area contributed by atoms with Crippen LogP contribution < -0.4 is 0 Å². The Kier molecular flexibility index (Phi) is 5.19. The lowest BCUT2D eigenvalue weighted by molar-refractivity contribution is 0.0235. The van der Waals surface area contributed by atoms with Crippen molar-refractivity contribution in [2.24, 2.45) is 5.92 Å². The van der Waals surface area contributed by atoms with Gasteiger partial charge in [0.25, 0.3) is 0 Å². The van der Waals surface area contributed by atoms with Gasteiger partial charge in [0.2, 0.25) is 0 Å². The van der Waals surface area contributed by atoms with E-state index in [9.17, 15) is 0 Å². The average Bonchev–Trinajstić information content (AvgIpc) is 2.81. The van der Waals surface area contributed by atoms with Gasteiger partial charge in [-0.15, -0.1) is 0 Å². The van der Waals surface area contributed by atoms with E-state index in [1.165, 1.54) is 27.8 Å². The van der Waals surface area contributed by atoms with Crippen LogP contribution in [0, 0.1) is 5.92 Å². The Morgan fingerprint density at radius 3 is 2.67 bits per heavy atom. The van der Waals surface area contributed by atoms with Crippen LogP contribution >= 0.6 is 0 Å². The number of ether oxygens (including phenoxy) is 1. The van der Waals surface area contributed by atoms with Gasteiger partial charge >= 0.3 is 0 Å². The molecule has 0 heterocycles. The predicted octanol–water partition coefficient (Wildman–Crippen LogP) is 5.32. The molecular formula is C20H26O. The number of allylic oxidation sites excluding steroid dienone is 5. The van der Waals surface area contributed by atoms with E-state index in [2.05, 4.69) is 64.6 Å². The zero-order valence-electron chi connectivity index (χ0n) is 13.6. The van der Waals surface area contributed by atoms with Crippen LogP contribution in [0.4, 0.5) is 0 Å². The molecule has 1 aromatic carbocycles. The molecule has 1 aliphatic carbocycles. The lowest BCUT2D eigenvalue weighted by atomic mass is 10.0. The minimum Gasteiger partial charge on any atom is -0.374 e. The molecule has 1 aromatic rings. The summed E-state index contributed by atoms with van der Waals surface area (Å²) >= 11 is 0. The molecule has 112 valence electrons. The smallest absolute Gasteiger partial charge is 0.0720 e. The van der Waals surface area contributed by atoms with Crippen LogP contribution in [0.2, 0.25) is 0 Å². The zero-order chi connectivity index (χ0) is 15.4. The molecule has 1 atom stereocenters. The largest absolute Gasteiger partial charge is 0.374 e. The summed E-state index contributed by atoms with van der Waals surface area (Å²) in [4.78, 5) is 0. The molecule has 1 nitrogen and oxygen atoms in total. The normalized spacial score (nSPS) is 15.9. The maximum Gasteiger partial charge on any atom is 0.0720 e. The Bertz CT molecular complexity index is 576. The Morgan fingerprint density at radius 2 is 2.05 bits per heavy atom. The summed E-state index contributed by atoms with van der Waals surface area (Å²) < 4.78 is 5.93. The number of rotatable bonds is 6. The summed E-state index contributed by atoms with van der Waals surface area (Å²) in [5.74, 6) is 0.551. The summed E-state index contributed by atoms with van der Waals surface area (Å²) in [6, 6.07) is 6.66. The van der Waals surface area contributed by atoms with E-state index in [1.54, 1.807) is 0 Å². The highest BCUT2D eigenvalue weighted by molar-refractivity contribution is 5.84. The first-order chi connectivity index (χ1) is 10.1. The van der Waals surface area contributed by atoms with Crippen molar-refractivity contribution in [1.82, 2.24) is 0 Å². The Hall–Kier alpha value is -1.60. The number of hydrogen-bond donors (Lipinski definition) is 0. The zero-order valence-corrected chi connectivity index (χ0v) is 13.6. The average molecular weight is 282 g/mol. The number of fused-ring (bicyclic) bond motifs is 1. The lowest BCUT2D eigenvalue weighted by Gasteiger charge is -2.17. The van der Waals surface area contributed by atoms with Crippen LogP contribution in [0.15, 0.2) is 48.6 Å². The van der Waals surface area contributed by atoms with Crippen molar-refractivity contribution in [3.05, 3.63) is 65.3 Å². The minimum absolute atomic E-state index is 0.290. The van der Waals surface area contributed by atoms with Crippen molar-refractivity contribution < 1.29 is 4.74 Å². The second-order valence-corrected chi connectivity index (χ2v) is 6.07. The van der Waals surface area contributed by atoms with Crippen molar-refractivity contribution in [3.8, 4) is 0 Å². The van der Waals surface area contributed by atoms with Gasteiger partial charge in [-0.1, -0.05) is 56.9 Å². The fourth-order valence-corrected chi connectivity index (χ4v) is 2.63. The first-order valence-electron chi connectivity index (χ1n) is 7.78. The highest BCUT2D eigenvalue weighted by Crippen LogP contribution is 2.35. The van der Waals surface area contributed by atoms with Crippen LogP contribution in [0.3, 0.4) is 0 Å². The van der Waals surface area contributed by atoms with Gasteiger partial charge < -0.3 is 4.74 Å². The molecule has 0 fully saturated rings. The molecule has 0 saturated heterocycles. The predicted molar refractivity (Wildman–Crippen MR) is 91.2 cm³/mol. The highest BCUT2D eigenvalue weighted by atomic mass is 16.5. The molecule has 1 unspecified atom stereocenters. The van der Waals surface area contributed by atoms with Crippen molar-refractivity contribution in [2.45, 2.75) is 46.8 Å². The summed E-state index contributed by atoms with van der Waals surface area (Å²) in [5, 5.41) is 0. The van der Waals surface area contributed by atoms with E-state index in [0.29, 0.717) is 18.6 Å². The van der Waals surface area contributed by atoms with Gasteiger partial charge in [0.1, 0.15) is 0 Å². The summed E-state index contributed by atoms with van der Waals surface area (Å²) in [6.07, 6.45) is 7.54. The second-order valence-electron chi connectivity index (χ2n) is 6.07. The van der Waals surface area contributed by atoms with Gasteiger partial charge in [0.05, 0.1) is 12.7 Å². The molecule has 0 aliphatic heterocycles. The monoisotopic (exact) mass is 282 g/mol. The minimum atomic E-state index is 0.290. The standard InChI is InChI=1S/C20H26O/c1-6-8-17-12-18-11-16(13-21-15(5)14(3)4)9-10-20(18)19(17)7-2/h6-11,14-15H,2,12-13H2,1,3-5H3/b8-6-. The summed E-state index contributed by atoms with van der Waals surface area (Å²) in [6.45, 7) is 13.2. The molecule has 0 amide bonds. The molecular weight excluding hydrogens is 256 g/mol. The maximum atomic E-state index is 5.93. The van der Waals surface area contributed by atoms with Crippen LogP contribution in [0.1, 0.15) is 44.4 Å². The van der Waals surface area contributed by atoms with Crippen molar-refractivity contribution in [1.29, 1.82) is 0 Å². The third-order valence-corrected chi connectivity index (χ3v) is 4.21. The molecule has 0 aromatic heterocycles. The van der Waals surface area contributed by atoms with Crippen LogP contribution in [0.25, 0.3) is 5.57 Å². The van der Waals surface area contributed by atoms with Crippen LogP contribution in [-0.2, 0) is 17.8 Å². The number of hydrogen-bond acceptors (Lipinski definition) is 1. The molecule has 21 heavy (non-hydrogen) atoms. The molecule has 1 aliphatic rings. The molecule has 0 bridgehead atoms. The van der Waals surface area contributed by atoms with E-state index in [-0.39, 0.29) is 0 Å². The molecule has 0 spiro atoms. The Morgan fingerprint density at radius 1 is 1.29 bits per heavy atom. The topological polar surface area (TPSA) is 9.23 Å². The van der Waals surface area contributed by atoms with Gasteiger partial charge in [-0.2, -0.15) is 0 Å². The molecule has 0 radical (unpaired) electrons. The van der Waals surface area contributed by atoms with Crippen molar-refractivity contribution in [3.63, 3.8) is 0 Å². The van der Waals surface area contributed by atoms with Crippen LogP contribution in [-0.4, -0.2) is 6.10 Å². The van der Waals surface area contributed by atoms with Gasteiger partial charge in [0, 0.05) is 0 Å². The third kappa shape index (κ3) is 3.54. The first-order valence-corrected chi connectivity index (χ1v) is 7.78. The second kappa shape index (κ2) is 6.91. The van der Waals surface area contributed by atoms with Gasteiger partial charge in [-0.05, 0) is 54.0 Å². The quantitative estimate of drug-likeness (QED) is 0.686.